The van der Waals surface area contributed by atoms with Gasteiger partial charge in [0.05, 0.1) is 16.9 Å². The smallest absolute Gasteiger partial charge is 0.116 e. The van der Waals surface area contributed by atoms with E-state index in [0.717, 1.165) is 22.2 Å². The average Bonchev–Trinajstić information content (AvgIpc) is 2.40. The van der Waals surface area contributed by atoms with Crippen LogP contribution in [0.4, 0.5) is 0 Å². The van der Waals surface area contributed by atoms with Gasteiger partial charge in [0.2, 0.25) is 0 Å². The van der Waals surface area contributed by atoms with Crippen LogP contribution in [-0.4, -0.2) is 15.0 Å². The Morgan fingerprint density at radius 2 is 1.88 bits per heavy atom. The van der Waals surface area contributed by atoms with E-state index in [1.54, 1.807) is 6.20 Å². The normalized spacial score (nSPS) is 10.6. The highest BCUT2D eigenvalue weighted by molar-refractivity contribution is 5.85. The van der Waals surface area contributed by atoms with Gasteiger partial charge in [-0.1, -0.05) is 12.1 Å². The first kappa shape index (κ1) is 9.90. The van der Waals surface area contributed by atoms with Gasteiger partial charge < -0.3 is 0 Å². The molecule has 0 saturated carbocycles. The Morgan fingerprint density at radius 3 is 2.71 bits per heavy atom. The number of nitrogens with zero attached hydrogens (tertiary/aromatic N) is 3. The highest BCUT2D eigenvalue weighted by Gasteiger charge is 2.03. The largest absolute Gasteiger partial charge is 0.256 e. The van der Waals surface area contributed by atoms with Crippen LogP contribution < -0.4 is 0 Å². The predicted molar refractivity (Wildman–Crippen MR) is 66.2 cm³/mol. The van der Waals surface area contributed by atoms with Crippen molar-refractivity contribution >= 4 is 10.9 Å². The third-order valence-corrected chi connectivity index (χ3v) is 2.63. The highest BCUT2D eigenvalue weighted by atomic mass is 14.8. The lowest BCUT2D eigenvalue weighted by molar-refractivity contribution is 1.19. The van der Waals surface area contributed by atoms with E-state index in [1.165, 1.54) is 6.33 Å². The van der Waals surface area contributed by atoms with E-state index in [9.17, 15) is 0 Å². The molecular weight excluding hydrogens is 210 g/mol. The molecule has 2 aromatic heterocycles. The summed E-state index contributed by atoms with van der Waals surface area (Å²) in [6.45, 7) is 5.83. The monoisotopic (exact) mass is 219 g/mol. The zero-order chi connectivity index (χ0) is 11.7. The van der Waals surface area contributed by atoms with Gasteiger partial charge in [-0.3, -0.25) is 4.98 Å². The first-order valence-corrected chi connectivity index (χ1v) is 5.26. The highest BCUT2D eigenvalue weighted by Crippen LogP contribution is 2.22. The number of hydrogen-bond acceptors (Lipinski definition) is 3. The molecule has 80 valence electrons. The molecule has 0 bridgehead atoms. The van der Waals surface area contributed by atoms with E-state index in [1.807, 2.05) is 36.4 Å². The van der Waals surface area contributed by atoms with Gasteiger partial charge in [-0.2, -0.15) is 0 Å². The predicted octanol–water partition coefficient (Wildman–Crippen LogP) is 2.75. The van der Waals surface area contributed by atoms with Gasteiger partial charge >= 0.3 is 0 Å². The van der Waals surface area contributed by atoms with E-state index >= 15 is 0 Å². The Hall–Kier alpha value is -2.29. The van der Waals surface area contributed by atoms with E-state index in [4.69, 9.17) is 6.92 Å². The molecule has 0 aliphatic rings. The third kappa shape index (κ3) is 1.76. The number of benzene rings is 1. The van der Waals surface area contributed by atoms with Gasteiger partial charge in [0.15, 0.2) is 0 Å². The lowest BCUT2D eigenvalue weighted by Gasteiger charge is -2.04. The topological polar surface area (TPSA) is 38.7 Å². The molecule has 0 unspecified atom stereocenters. The molecule has 1 aromatic carbocycles. The van der Waals surface area contributed by atoms with Crippen LogP contribution in [0.2, 0.25) is 0 Å². The molecule has 0 aliphatic carbocycles. The number of pyridine rings is 1. The summed E-state index contributed by atoms with van der Waals surface area (Å²) in [5, 5.41) is 0.857. The van der Waals surface area contributed by atoms with Gasteiger partial charge in [-0.25, -0.2) is 9.97 Å². The maximum atomic E-state index is 5.83. The molecule has 2 radical (unpaired) electrons. The molecule has 0 aliphatic heterocycles. The van der Waals surface area contributed by atoms with Crippen LogP contribution in [0.5, 0.6) is 0 Å². The van der Waals surface area contributed by atoms with Crippen molar-refractivity contribution in [3.05, 3.63) is 61.5 Å². The first-order chi connectivity index (χ1) is 8.34. The standard InChI is InChI=1S/C14H9N3/c1-10-12-8-11(13-4-2-3-7-15-13)5-6-14(12)17-9-16-10/h1-9H. The summed E-state index contributed by atoms with van der Waals surface area (Å²) in [5.41, 5.74) is 3.27. The minimum absolute atomic E-state index is 0.493. The van der Waals surface area contributed by atoms with Gasteiger partial charge in [0, 0.05) is 24.1 Å². The maximum absolute atomic E-state index is 5.83. The Balaban J connectivity index is 2.23. The summed E-state index contributed by atoms with van der Waals surface area (Å²) in [6.07, 6.45) is 3.24. The minimum atomic E-state index is 0.493. The average molecular weight is 219 g/mol. The van der Waals surface area contributed by atoms with Crippen LogP contribution in [0.25, 0.3) is 22.2 Å². The summed E-state index contributed by atoms with van der Waals surface area (Å²) >= 11 is 0. The van der Waals surface area contributed by atoms with E-state index in [-0.39, 0.29) is 0 Å². The summed E-state index contributed by atoms with van der Waals surface area (Å²) in [5.74, 6) is 0. The molecule has 3 heteroatoms. The van der Waals surface area contributed by atoms with Crippen molar-refractivity contribution < 1.29 is 0 Å². The molecule has 0 atom stereocenters. The Morgan fingerprint density at radius 1 is 0.941 bits per heavy atom. The fourth-order valence-electron chi connectivity index (χ4n) is 1.77. The fourth-order valence-corrected chi connectivity index (χ4v) is 1.77. The van der Waals surface area contributed by atoms with Crippen molar-refractivity contribution in [2.24, 2.45) is 0 Å². The summed E-state index contributed by atoms with van der Waals surface area (Å²) < 4.78 is 0. The molecule has 0 amide bonds. The lowest BCUT2D eigenvalue weighted by Crippen LogP contribution is -1.88. The molecule has 0 spiro atoms. The molecule has 3 aromatic rings. The molecule has 0 N–H and O–H groups in total. The van der Waals surface area contributed by atoms with Crippen LogP contribution in [0, 0.1) is 6.92 Å². The van der Waals surface area contributed by atoms with Crippen LogP contribution in [0.3, 0.4) is 0 Å². The molecule has 3 rings (SSSR count). The van der Waals surface area contributed by atoms with E-state index < -0.39 is 0 Å². The molecule has 0 saturated heterocycles. The van der Waals surface area contributed by atoms with E-state index in [0.29, 0.717) is 5.69 Å². The zero-order valence-electron chi connectivity index (χ0n) is 9.04. The van der Waals surface area contributed by atoms with Crippen molar-refractivity contribution in [1.82, 2.24) is 15.0 Å². The van der Waals surface area contributed by atoms with Crippen molar-refractivity contribution in [3.8, 4) is 11.3 Å². The minimum Gasteiger partial charge on any atom is -0.256 e. The Labute approximate surface area is 99.2 Å². The number of rotatable bonds is 1. The van der Waals surface area contributed by atoms with Crippen molar-refractivity contribution in [2.75, 3.05) is 0 Å². The second kappa shape index (κ2) is 3.94. The first-order valence-electron chi connectivity index (χ1n) is 5.26. The SMILES string of the molecule is [CH]c1ncnc2ccc(-c3ccccn3)cc12. The molecular formula is C14H9N3. The number of hydrogen-bond donors (Lipinski definition) is 0. The van der Waals surface area contributed by atoms with Gasteiger partial charge in [-0.05, 0) is 24.3 Å². The van der Waals surface area contributed by atoms with E-state index in [2.05, 4.69) is 15.0 Å². The van der Waals surface area contributed by atoms with Crippen LogP contribution in [0.15, 0.2) is 48.9 Å². The second-order valence-electron chi connectivity index (χ2n) is 3.71. The summed E-state index contributed by atoms with van der Waals surface area (Å²) in [7, 11) is 0. The van der Waals surface area contributed by atoms with Gasteiger partial charge in [0.1, 0.15) is 6.33 Å². The second-order valence-corrected chi connectivity index (χ2v) is 3.71. The third-order valence-electron chi connectivity index (χ3n) is 2.63. The Bertz CT molecular complexity index is 663. The summed E-state index contributed by atoms with van der Waals surface area (Å²) in [4.78, 5) is 12.5. The van der Waals surface area contributed by atoms with Crippen molar-refractivity contribution in [1.29, 1.82) is 0 Å². The molecule has 0 fully saturated rings. The van der Waals surface area contributed by atoms with Gasteiger partial charge in [0.25, 0.3) is 0 Å². The van der Waals surface area contributed by atoms with Crippen LogP contribution in [-0.2, 0) is 0 Å². The summed E-state index contributed by atoms with van der Waals surface area (Å²) in [6, 6.07) is 11.7. The fraction of sp³-hybridized carbons (Fsp3) is 0. The maximum Gasteiger partial charge on any atom is 0.116 e. The zero-order valence-corrected chi connectivity index (χ0v) is 9.04. The van der Waals surface area contributed by atoms with Crippen molar-refractivity contribution in [2.45, 2.75) is 0 Å². The molecule has 17 heavy (non-hydrogen) atoms. The quantitative estimate of drug-likeness (QED) is 0.631. The number of fused-ring (bicyclic) bond motifs is 1. The van der Waals surface area contributed by atoms with Crippen LogP contribution in [0.1, 0.15) is 5.69 Å². The number of aromatic nitrogens is 3. The lowest BCUT2D eigenvalue weighted by atomic mass is 10.1. The molecule has 2 heterocycles. The Kier molecular flexibility index (Phi) is 2.29. The van der Waals surface area contributed by atoms with Gasteiger partial charge in [-0.15, -0.1) is 0 Å². The molecule has 3 nitrogen and oxygen atoms in total. The van der Waals surface area contributed by atoms with Crippen LogP contribution >= 0.6 is 0 Å². The van der Waals surface area contributed by atoms with Crippen molar-refractivity contribution in [3.63, 3.8) is 0 Å².